The summed E-state index contributed by atoms with van der Waals surface area (Å²) in [5.74, 6) is -2.25. The lowest BCUT2D eigenvalue weighted by Gasteiger charge is -2.39. The number of pyridine rings is 2. The first kappa shape index (κ1) is 24.7. The second-order valence-corrected chi connectivity index (χ2v) is 8.43. The fourth-order valence-corrected chi connectivity index (χ4v) is 4.58. The first-order chi connectivity index (χ1) is 15.7. The Labute approximate surface area is 197 Å². The Hall–Kier alpha value is -2.92. The fourth-order valence-electron chi connectivity index (χ4n) is 3.17. The molecule has 3 rings (SSSR count). The average molecular weight is 499 g/mol. The van der Waals surface area contributed by atoms with Crippen molar-refractivity contribution in [2.75, 3.05) is 5.75 Å². The third kappa shape index (κ3) is 6.32. The summed E-state index contributed by atoms with van der Waals surface area (Å²) in [5, 5.41) is -0.0657. The molecule has 176 valence electrons. The van der Waals surface area contributed by atoms with Crippen LogP contribution in [0.4, 0.5) is 4.39 Å². The predicted octanol–water partition coefficient (Wildman–Crippen LogP) is 3.18. The zero-order chi connectivity index (χ0) is 24.1. The van der Waals surface area contributed by atoms with Crippen LogP contribution < -0.4 is 4.74 Å². The Balaban J connectivity index is 1.87. The maximum absolute atomic E-state index is 14.0. The summed E-state index contributed by atoms with van der Waals surface area (Å²) < 4.78 is 35.9. The van der Waals surface area contributed by atoms with Crippen molar-refractivity contribution in [2.24, 2.45) is 0 Å². The molecule has 0 unspecified atom stereocenters. The van der Waals surface area contributed by atoms with E-state index in [4.69, 9.17) is 30.5 Å². The molecule has 1 aliphatic rings. The molecule has 0 spiro atoms. The Morgan fingerprint density at radius 1 is 1.03 bits per heavy atom. The topological polar surface area (TPSA) is 114 Å². The van der Waals surface area contributed by atoms with Crippen LogP contribution in [0.5, 0.6) is 5.75 Å². The third-order valence-electron chi connectivity index (χ3n) is 4.40. The van der Waals surface area contributed by atoms with Crippen LogP contribution in [-0.2, 0) is 28.6 Å². The Bertz CT molecular complexity index is 1060. The number of thioether (sulfide) groups is 1. The van der Waals surface area contributed by atoms with E-state index in [1.807, 2.05) is 0 Å². The maximum Gasteiger partial charge on any atom is 0.303 e. The summed E-state index contributed by atoms with van der Waals surface area (Å²) in [6, 6.07) is 6.06. The fraction of sp³-hybridized carbons (Fsp3) is 0.381. The van der Waals surface area contributed by atoms with Crippen LogP contribution in [0.25, 0.3) is 11.3 Å². The number of nitrogens with zero attached hydrogens (tertiary/aromatic N) is 2. The molecule has 0 radical (unpaired) electrons. The number of carbonyl (C=O) groups is 3. The Morgan fingerprint density at radius 2 is 1.70 bits per heavy atom. The molecule has 0 N–H and O–H groups in total. The van der Waals surface area contributed by atoms with E-state index in [2.05, 4.69) is 9.97 Å². The van der Waals surface area contributed by atoms with Crippen molar-refractivity contribution >= 4 is 41.3 Å². The van der Waals surface area contributed by atoms with Crippen molar-refractivity contribution in [3.05, 3.63) is 41.6 Å². The van der Waals surface area contributed by atoms with Gasteiger partial charge in [-0.05, 0) is 24.3 Å². The zero-order valence-corrected chi connectivity index (χ0v) is 19.4. The maximum atomic E-state index is 14.0. The molecule has 12 heteroatoms. The van der Waals surface area contributed by atoms with Gasteiger partial charge in [0.1, 0.15) is 0 Å². The van der Waals surface area contributed by atoms with Gasteiger partial charge in [0, 0.05) is 32.7 Å². The molecule has 2 aromatic rings. The van der Waals surface area contributed by atoms with E-state index in [9.17, 15) is 18.8 Å². The van der Waals surface area contributed by atoms with Gasteiger partial charge >= 0.3 is 17.9 Å². The van der Waals surface area contributed by atoms with Gasteiger partial charge in [-0.25, -0.2) is 9.97 Å². The number of esters is 3. The van der Waals surface area contributed by atoms with Gasteiger partial charge in [0.25, 0.3) is 0 Å². The Kier molecular flexibility index (Phi) is 8.09. The molecule has 33 heavy (non-hydrogen) atoms. The van der Waals surface area contributed by atoms with Crippen molar-refractivity contribution < 1.29 is 37.7 Å². The molecular formula is C21H20ClFN2O7S. The van der Waals surface area contributed by atoms with Crippen molar-refractivity contribution in [3.63, 3.8) is 0 Å². The second-order valence-electron chi connectivity index (χ2n) is 6.94. The van der Waals surface area contributed by atoms with Crippen LogP contribution in [0.3, 0.4) is 0 Å². The quantitative estimate of drug-likeness (QED) is 0.334. The van der Waals surface area contributed by atoms with Gasteiger partial charge in [0.15, 0.2) is 34.7 Å². The molecule has 0 aromatic carbocycles. The summed E-state index contributed by atoms with van der Waals surface area (Å²) in [5.41, 5.74) is -0.459. The molecule has 1 fully saturated rings. The van der Waals surface area contributed by atoms with E-state index in [0.29, 0.717) is 0 Å². The Morgan fingerprint density at radius 3 is 2.30 bits per heavy atom. The van der Waals surface area contributed by atoms with Crippen molar-refractivity contribution in [1.82, 2.24) is 9.97 Å². The van der Waals surface area contributed by atoms with Gasteiger partial charge in [-0.15, -0.1) is 11.8 Å². The van der Waals surface area contributed by atoms with E-state index >= 15 is 0 Å². The summed E-state index contributed by atoms with van der Waals surface area (Å²) >= 11 is 7.45. The predicted molar refractivity (Wildman–Crippen MR) is 116 cm³/mol. The molecule has 0 saturated carbocycles. The van der Waals surface area contributed by atoms with Crippen LogP contribution >= 0.6 is 23.4 Å². The number of hydrogen-bond acceptors (Lipinski definition) is 10. The molecule has 1 saturated heterocycles. The highest BCUT2D eigenvalue weighted by Crippen LogP contribution is 2.36. The second kappa shape index (κ2) is 10.8. The van der Waals surface area contributed by atoms with Gasteiger partial charge in [0.05, 0.1) is 11.3 Å². The third-order valence-corrected chi connectivity index (χ3v) is 5.88. The van der Waals surface area contributed by atoms with Crippen LogP contribution in [0.2, 0.25) is 5.15 Å². The van der Waals surface area contributed by atoms with E-state index in [1.165, 1.54) is 56.9 Å². The van der Waals surface area contributed by atoms with E-state index in [0.717, 1.165) is 0 Å². The van der Waals surface area contributed by atoms with Crippen LogP contribution in [-0.4, -0.2) is 57.4 Å². The molecule has 0 bridgehead atoms. The SMILES string of the molecule is CC(=O)O[C@@H]1[C@@H](OC(C)=O)[C@@H](Oc2ccc(-c3cccnc3F)nc2Cl)SC[C@H]1OC(C)=O. The summed E-state index contributed by atoms with van der Waals surface area (Å²) in [7, 11) is 0. The summed E-state index contributed by atoms with van der Waals surface area (Å²) in [4.78, 5) is 42.7. The molecule has 4 atom stereocenters. The number of halogens is 2. The lowest BCUT2D eigenvalue weighted by molar-refractivity contribution is -0.186. The monoisotopic (exact) mass is 498 g/mol. The zero-order valence-electron chi connectivity index (χ0n) is 17.8. The standard InChI is InChI=1S/C21H20ClFN2O7S/c1-10(26)29-16-9-33-21(18(31-12(3)28)17(16)30-11(2)27)32-15-7-6-14(25-19(15)22)13-5-4-8-24-20(13)23/h4-8,16-18,21H,9H2,1-3H3/t16-,17+,18-,21+/m1/s1. The number of aromatic nitrogens is 2. The largest absolute Gasteiger partial charge is 0.472 e. The molecule has 3 heterocycles. The van der Waals surface area contributed by atoms with Gasteiger partial charge in [-0.3, -0.25) is 14.4 Å². The molecule has 0 aliphatic carbocycles. The van der Waals surface area contributed by atoms with E-state index in [1.54, 1.807) is 6.07 Å². The van der Waals surface area contributed by atoms with Crippen molar-refractivity contribution in [3.8, 4) is 17.0 Å². The lowest BCUT2D eigenvalue weighted by atomic mass is 10.1. The number of ether oxygens (including phenoxy) is 4. The minimum Gasteiger partial charge on any atom is -0.472 e. The molecular weight excluding hydrogens is 479 g/mol. The van der Waals surface area contributed by atoms with Crippen LogP contribution in [0.15, 0.2) is 30.5 Å². The number of hydrogen-bond donors (Lipinski definition) is 0. The van der Waals surface area contributed by atoms with Gasteiger partial charge in [-0.2, -0.15) is 4.39 Å². The molecule has 2 aromatic heterocycles. The van der Waals surface area contributed by atoms with Crippen molar-refractivity contribution in [2.45, 2.75) is 44.5 Å². The molecule has 9 nitrogen and oxygen atoms in total. The van der Waals surface area contributed by atoms with Gasteiger partial charge in [0.2, 0.25) is 5.95 Å². The number of rotatable bonds is 6. The highest BCUT2D eigenvalue weighted by Gasteiger charge is 2.47. The lowest BCUT2D eigenvalue weighted by Crippen LogP contribution is -2.55. The number of carbonyl (C=O) groups excluding carboxylic acids is 3. The smallest absolute Gasteiger partial charge is 0.303 e. The first-order valence-corrected chi connectivity index (χ1v) is 11.2. The highest BCUT2D eigenvalue weighted by atomic mass is 35.5. The van der Waals surface area contributed by atoms with E-state index in [-0.39, 0.29) is 27.9 Å². The van der Waals surface area contributed by atoms with Gasteiger partial charge < -0.3 is 18.9 Å². The highest BCUT2D eigenvalue weighted by molar-refractivity contribution is 7.99. The van der Waals surface area contributed by atoms with Gasteiger partial charge in [-0.1, -0.05) is 11.6 Å². The van der Waals surface area contributed by atoms with Crippen LogP contribution in [0.1, 0.15) is 20.8 Å². The summed E-state index contributed by atoms with van der Waals surface area (Å²) in [6.07, 6.45) is -1.75. The first-order valence-electron chi connectivity index (χ1n) is 9.73. The normalized spacial score (nSPS) is 22.2. The van der Waals surface area contributed by atoms with Crippen LogP contribution in [0, 0.1) is 5.95 Å². The minimum absolute atomic E-state index is 0.0657. The molecule has 0 amide bonds. The molecule has 1 aliphatic heterocycles. The van der Waals surface area contributed by atoms with Crippen molar-refractivity contribution in [1.29, 1.82) is 0 Å². The summed E-state index contributed by atoms with van der Waals surface area (Å²) in [6.45, 7) is 3.59. The average Bonchev–Trinajstić information content (AvgIpc) is 2.73. The van der Waals surface area contributed by atoms with E-state index < -0.39 is 47.6 Å². The minimum atomic E-state index is -1.11.